The number of hydrogen-bond acceptors (Lipinski definition) is 4. The number of nitrogens with one attached hydrogen (secondary N) is 1. The van der Waals surface area contributed by atoms with Crippen molar-refractivity contribution in [2.24, 2.45) is 0 Å². The van der Waals surface area contributed by atoms with Gasteiger partial charge in [-0.05, 0) is 55.5 Å². The number of aryl methyl sites for hydroxylation is 1. The van der Waals surface area contributed by atoms with Crippen molar-refractivity contribution in [1.82, 2.24) is 25.5 Å². The predicted molar refractivity (Wildman–Crippen MR) is 108 cm³/mol. The summed E-state index contributed by atoms with van der Waals surface area (Å²) in [5.41, 5.74) is 2.53. The van der Waals surface area contributed by atoms with E-state index in [1.54, 1.807) is 10.9 Å². The second-order valence-corrected chi connectivity index (χ2v) is 7.67. The van der Waals surface area contributed by atoms with Gasteiger partial charge in [0.25, 0.3) is 5.91 Å². The molecule has 0 aliphatic heterocycles. The van der Waals surface area contributed by atoms with Gasteiger partial charge in [0.1, 0.15) is 0 Å². The SMILES string of the molecule is Cc1ccc(C(=O)NC2CCC(n3nnc(-c4ccccc4)n3)CC2)c(Cl)c1. The van der Waals surface area contributed by atoms with E-state index in [9.17, 15) is 4.79 Å². The zero-order valence-corrected chi connectivity index (χ0v) is 16.4. The molecule has 1 aliphatic carbocycles. The van der Waals surface area contributed by atoms with E-state index in [-0.39, 0.29) is 18.0 Å². The monoisotopic (exact) mass is 395 g/mol. The second-order valence-electron chi connectivity index (χ2n) is 7.26. The van der Waals surface area contributed by atoms with E-state index >= 15 is 0 Å². The fraction of sp³-hybridized carbons (Fsp3) is 0.333. The van der Waals surface area contributed by atoms with Crippen LogP contribution in [-0.4, -0.2) is 32.2 Å². The van der Waals surface area contributed by atoms with Crippen LogP contribution in [0.5, 0.6) is 0 Å². The Bertz CT molecular complexity index is 964. The van der Waals surface area contributed by atoms with Crippen LogP contribution in [0.25, 0.3) is 11.4 Å². The smallest absolute Gasteiger partial charge is 0.253 e. The van der Waals surface area contributed by atoms with Gasteiger partial charge in [0.05, 0.1) is 16.6 Å². The fourth-order valence-corrected chi connectivity index (χ4v) is 3.92. The number of hydrogen-bond donors (Lipinski definition) is 1. The lowest BCUT2D eigenvalue weighted by Crippen LogP contribution is -2.38. The molecule has 1 fully saturated rings. The van der Waals surface area contributed by atoms with Crippen molar-refractivity contribution >= 4 is 17.5 Å². The molecule has 1 heterocycles. The molecule has 0 saturated heterocycles. The number of benzene rings is 2. The summed E-state index contributed by atoms with van der Waals surface area (Å²) in [7, 11) is 0. The highest BCUT2D eigenvalue weighted by atomic mass is 35.5. The number of halogens is 1. The Kier molecular flexibility index (Phi) is 5.39. The molecule has 0 spiro atoms. The topological polar surface area (TPSA) is 72.7 Å². The van der Waals surface area contributed by atoms with Gasteiger partial charge in [-0.25, -0.2) is 0 Å². The van der Waals surface area contributed by atoms with Gasteiger partial charge in [-0.3, -0.25) is 4.79 Å². The van der Waals surface area contributed by atoms with Gasteiger partial charge in [0, 0.05) is 11.6 Å². The normalized spacial score (nSPS) is 19.4. The van der Waals surface area contributed by atoms with Gasteiger partial charge in [-0.15, -0.1) is 10.2 Å². The van der Waals surface area contributed by atoms with E-state index in [1.807, 2.05) is 49.4 Å². The zero-order chi connectivity index (χ0) is 19.5. The Morgan fingerprint density at radius 2 is 1.86 bits per heavy atom. The van der Waals surface area contributed by atoms with Crippen LogP contribution in [0.1, 0.15) is 47.6 Å². The van der Waals surface area contributed by atoms with Gasteiger partial charge in [-0.1, -0.05) is 48.0 Å². The summed E-state index contributed by atoms with van der Waals surface area (Å²) < 4.78 is 0. The number of rotatable bonds is 4. The molecule has 4 rings (SSSR count). The summed E-state index contributed by atoms with van der Waals surface area (Å²) in [5.74, 6) is 0.531. The van der Waals surface area contributed by atoms with Crippen LogP contribution in [0.2, 0.25) is 5.02 Å². The van der Waals surface area contributed by atoms with Gasteiger partial charge in [0.15, 0.2) is 0 Å². The molecule has 0 unspecified atom stereocenters. The van der Waals surface area contributed by atoms with E-state index in [0.29, 0.717) is 16.4 Å². The van der Waals surface area contributed by atoms with Crippen molar-refractivity contribution in [2.45, 2.75) is 44.7 Å². The van der Waals surface area contributed by atoms with Crippen molar-refractivity contribution in [2.75, 3.05) is 0 Å². The van der Waals surface area contributed by atoms with E-state index in [4.69, 9.17) is 11.6 Å². The third-order valence-electron chi connectivity index (χ3n) is 5.19. The number of aromatic nitrogens is 4. The molecule has 144 valence electrons. The molecule has 7 heteroatoms. The molecule has 3 aromatic rings. The highest BCUT2D eigenvalue weighted by Gasteiger charge is 2.26. The van der Waals surface area contributed by atoms with E-state index in [1.165, 1.54) is 0 Å². The van der Waals surface area contributed by atoms with Gasteiger partial charge in [-0.2, -0.15) is 4.80 Å². The van der Waals surface area contributed by atoms with Crippen molar-refractivity contribution < 1.29 is 4.79 Å². The van der Waals surface area contributed by atoms with Crippen LogP contribution in [0.3, 0.4) is 0 Å². The first-order chi connectivity index (χ1) is 13.6. The summed E-state index contributed by atoms with van der Waals surface area (Å²) in [6.07, 6.45) is 3.55. The number of carbonyl (C=O) groups excluding carboxylic acids is 1. The quantitative estimate of drug-likeness (QED) is 0.718. The van der Waals surface area contributed by atoms with E-state index in [2.05, 4.69) is 20.7 Å². The largest absolute Gasteiger partial charge is 0.349 e. The predicted octanol–water partition coefficient (Wildman–Crippen LogP) is 4.22. The molecule has 2 aromatic carbocycles. The first-order valence-electron chi connectivity index (χ1n) is 9.52. The maximum Gasteiger partial charge on any atom is 0.253 e. The van der Waals surface area contributed by atoms with Gasteiger partial charge < -0.3 is 5.32 Å². The minimum atomic E-state index is -0.112. The Hall–Kier alpha value is -2.73. The second kappa shape index (κ2) is 8.10. The molecular weight excluding hydrogens is 374 g/mol. The molecule has 0 radical (unpaired) electrons. The molecule has 1 amide bonds. The van der Waals surface area contributed by atoms with Crippen LogP contribution in [0, 0.1) is 6.92 Å². The summed E-state index contributed by atoms with van der Waals surface area (Å²) in [6.45, 7) is 1.95. The van der Waals surface area contributed by atoms with E-state index in [0.717, 1.165) is 36.8 Å². The van der Waals surface area contributed by atoms with Gasteiger partial charge >= 0.3 is 0 Å². The summed E-state index contributed by atoms with van der Waals surface area (Å²) >= 11 is 6.21. The fourth-order valence-electron chi connectivity index (χ4n) is 3.60. The van der Waals surface area contributed by atoms with Gasteiger partial charge in [0.2, 0.25) is 5.82 Å². The van der Waals surface area contributed by atoms with Crippen LogP contribution in [0.15, 0.2) is 48.5 Å². The average Bonchev–Trinajstić information content (AvgIpc) is 3.19. The molecular formula is C21H22ClN5O. The Balaban J connectivity index is 1.35. The summed E-state index contributed by atoms with van der Waals surface area (Å²) in [6, 6.07) is 15.7. The van der Waals surface area contributed by atoms with Crippen LogP contribution in [0.4, 0.5) is 0 Å². The molecule has 1 N–H and O–H groups in total. The zero-order valence-electron chi connectivity index (χ0n) is 15.7. The van der Waals surface area contributed by atoms with Crippen molar-refractivity contribution in [1.29, 1.82) is 0 Å². The Morgan fingerprint density at radius 1 is 1.11 bits per heavy atom. The maximum atomic E-state index is 12.5. The van der Waals surface area contributed by atoms with Crippen molar-refractivity contribution in [3.05, 3.63) is 64.7 Å². The van der Waals surface area contributed by atoms with Crippen molar-refractivity contribution in [3.63, 3.8) is 0 Å². The highest BCUT2D eigenvalue weighted by Crippen LogP contribution is 2.28. The molecule has 28 heavy (non-hydrogen) atoms. The third kappa shape index (κ3) is 4.07. The lowest BCUT2D eigenvalue weighted by Gasteiger charge is -2.28. The number of nitrogens with zero attached hydrogens (tertiary/aromatic N) is 4. The third-order valence-corrected chi connectivity index (χ3v) is 5.50. The maximum absolute atomic E-state index is 12.5. The first kappa shape index (κ1) is 18.6. The lowest BCUT2D eigenvalue weighted by atomic mass is 9.91. The molecule has 1 saturated carbocycles. The molecule has 0 bridgehead atoms. The van der Waals surface area contributed by atoms with Crippen LogP contribution < -0.4 is 5.32 Å². The number of tetrazole rings is 1. The standard InChI is InChI=1S/C21H22ClN5O/c1-14-7-12-18(19(22)13-14)21(28)23-16-8-10-17(11-9-16)27-25-20(24-26-27)15-5-3-2-4-6-15/h2-7,12-13,16-17H,8-11H2,1H3,(H,23,28). The summed E-state index contributed by atoms with van der Waals surface area (Å²) in [4.78, 5) is 14.2. The van der Waals surface area contributed by atoms with Crippen molar-refractivity contribution in [3.8, 4) is 11.4 Å². The van der Waals surface area contributed by atoms with E-state index < -0.39 is 0 Å². The molecule has 1 aromatic heterocycles. The molecule has 0 atom stereocenters. The molecule has 6 nitrogen and oxygen atoms in total. The Morgan fingerprint density at radius 3 is 2.57 bits per heavy atom. The number of carbonyl (C=O) groups is 1. The minimum absolute atomic E-state index is 0.112. The number of amides is 1. The average molecular weight is 396 g/mol. The molecule has 1 aliphatic rings. The lowest BCUT2D eigenvalue weighted by molar-refractivity contribution is 0.0920. The highest BCUT2D eigenvalue weighted by molar-refractivity contribution is 6.33. The Labute approximate surface area is 168 Å². The van der Waals surface area contributed by atoms with Crippen LogP contribution in [-0.2, 0) is 0 Å². The van der Waals surface area contributed by atoms with Crippen LogP contribution >= 0.6 is 11.6 Å². The first-order valence-corrected chi connectivity index (χ1v) is 9.90. The summed E-state index contributed by atoms with van der Waals surface area (Å²) in [5, 5.41) is 16.6. The minimum Gasteiger partial charge on any atom is -0.349 e.